The molecule has 2 N–H and O–H groups in total. The Morgan fingerprint density at radius 1 is 1.47 bits per heavy atom. The maximum absolute atomic E-state index is 5.93. The number of pyridine rings is 1. The number of hydrogen-bond donors (Lipinski definition) is 1. The lowest BCUT2D eigenvalue weighted by Crippen LogP contribution is -2.30. The first-order valence-corrected chi connectivity index (χ1v) is 5.51. The van der Waals surface area contributed by atoms with E-state index >= 15 is 0 Å². The molecular formula is C12H21N3. The van der Waals surface area contributed by atoms with Gasteiger partial charge in [0.25, 0.3) is 0 Å². The van der Waals surface area contributed by atoms with Crippen molar-refractivity contribution in [3.05, 3.63) is 23.9 Å². The standard InChI is InChI=1S/C12H21N3/c1-5-9(2)15(4)12-11(10(3)13)7-6-8-14-12/h6-10H,5,13H2,1-4H3/t9?,10-/m1/s1. The first-order valence-electron chi connectivity index (χ1n) is 5.51. The van der Waals surface area contributed by atoms with Gasteiger partial charge in [-0.25, -0.2) is 4.98 Å². The lowest BCUT2D eigenvalue weighted by Gasteiger charge is -2.27. The highest BCUT2D eigenvalue weighted by Gasteiger charge is 2.14. The van der Waals surface area contributed by atoms with Crippen molar-refractivity contribution in [1.82, 2.24) is 4.98 Å². The molecule has 0 saturated heterocycles. The van der Waals surface area contributed by atoms with Crippen LogP contribution in [0.1, 0.15) is 38.8 Å². The Labute approximate surface area is 92.3 Å². The molecule has 0 aliphatic carbocycles. The highest BCUT2D eigenvalue weighted by Crippen LogP contribution is 2.23. The summed E-state index contributed by atoms with van der Waals surface area (Å²) in [6.07, 6.45) is 2.92. The van der Waals surface area contributed by atoms with Crippen molar-refractivity contribution in [1.29, 1.82) is 0 Å². The van der Waals surface area contributed by atoms with Crippen LogP contribution >= 0.6 is 0 Å². The number of rotatable bonds is 4. The van der Waals surface area contributed by atoms with Gasteiger partial charge in [-0.1, -0.05) is 13.0 Å². The van der Waals surface area contributed by atoms with Crippen molar-refractivity contribution in [2.24, 2.45) is 5.73 Å². The van der Waals surface area contributed by atoms with Crippen LogP contribution in [0.2, 0.25) is 0 Å². The molecule has 3 heteroatoms. The van der Waals surface area contributed by atoms with Crippen molar-refractivity contribution in [3.8, 4) is 0 Å². The average Bonchev–Trinajstić information content (AvgIpc) is 2.27. The molecule has 1 aromatic rings. The largest absolute Gasteiger partial charge is 0.357 e. The second-order valence-corrected chi connectivity index (χ2v) is 4.07. The van der Waals surface area contributed by atoms with Crippen LogP contribution in [-0.4, -0.2) is 18.1 Å². The molecular weight excluding hydrogens is 186 g/mol. The van der Waals surface area contributed by atoms with Crippen LogP contribution in [0.3, 0.4) is 0 Å². The fourth-order valence-electron chi connectivity index (χ4n) is 1.54. The molecule has 0 spiro atoms. The van der Waals surface area contributed by atoms with E-state index in [-0.39, 0.29) is 6.04 Å². The first-order chi connectivity index (χ1) is 7.07. The topological polar surface area (TPSA) is 42.2 Å². The Bertz CT molecular complexity index is 309. The second kappa shape index (κ2) is 5.12. The van der Waals surface area contributed by atoms with Gasteiger partial charge in [-0.2, -0.15) is 0 Å². The predicted octanol–water partition coefficient (Wildman–Crippen LogP) is 2.34. The number of nitrogens with two attached hydrogens (primary N) is 1. The molecule has 1 unspecified atom stereocenters. The van der Waals surface area contributed by atoms with E-state index in [2.05, 4.69) is 30.8 Å². The molecule has 0 aromatic carbocycles. The zero-order valence-electron chi connectivity index (χ0n) is 10.1. The van der Waals surface area contributed by atoms with Crippen molar-refractivity contribution >= 4 is 5.82 Å². The lowest BCUT2D eigenvalue weighted by atomic mass is 10.1. The fraction of sp³-hybridized carbons (Fsp3) is 0.583. The van der Waals surface area contributed by atoms with Gasteiger partial charge in [0.1, 0.15) is 5.82 Å². The minimum atomic E-state index is 0.0280. The van der Waals surface area contributed by atoms with E-state index in [1.54, 1.807) is 0 Å². The van der Waals surface area contributed by atoms with Gasteiger partial charge in [-0.3, -0.25) is 0 Å². The smallest absolute Gasteiger partial charge is 0.133 e. The van der Waals surface area contributed by atoms with E-state index in [0.29, 0.717) is 6.04 Å². The normalized spacial score (nSPS) is 14.7. The van der Waals surface area contributed by atoms with Gasteiger partial charge in [-0.05, 0) is 26.3 Å². The van der Waals surface area contributed by atoms with Crippen LogP contribution in [0.15, 0.2) is 18.3 Å². The second-order valence-electron chi connectivity index (χ2n) is 4.07. The van der Waals surface area contributed by atoms with Gasteiger partial charge in [-0.15, -0.1) is 0 Å². The van der Waals surface area contributed by atoms with E-state index in [4.69, 9.17) is 5.73 Å². The van der Waals surface area contributed by atoms with Gasteiger partial charge < -0.3 is 10.6 Å². The molecule has 1 rings (SSSR count). The molecule has 0 radical (unpaired) electrons. The molecule has 0 bridgehead atoms. The minimum absolute atomic E-state index is 0.0280. The van der Waals surface area contributed by atoms with Crippen LogP contribution in [0, 0.1) is 0 Å². The van der Waals surface area contributed by atoms with Gasteiger partial charge in [0.2, 0.25) is 0 Å². The summed E-state index contributed by atoms with van der Waals surface area (Å²) in [4.78, 5) is 6.61. The molecule has 2 atom stereocenters. The molecule has 3 nitrogen and oxygen atoms in total. The summed E-state index contributed by atoms with van der Waals surface area (Å²) in [6, 6.07) is 4.50. The molecule has 0 aliphatic rings. The van der Waals surface area contributed by atoms with Crippen molar-refractivity contribution in [2.45, 2.75) is 39.3 Å². The van der Waals surface area contributed by atoms with Gasteiger partial charge in [0.15, 0.2) is 0 Å². The molecule has 1 heterocycles. The molecule has 0 amide bonds. The van der Waals surface area contributed by atoms with Gasteiger partial charge in [0.05, 0.1) is 0 Å². The summed E-state index contributed by atoms with van der Waals surface area (Å²) in [6.45, 7) is 6.36. The summed E-state index contributed by atoms with van der Waals surface area (Å²) in [5, 5.41) is 0. The molecule has 0 aliphatic heterocycles. The van der Waals surface area contributed by atoms with Gasteiger partial charge >= 0.3 is 0 Å². The average molecular weight is 207 g/mol. The molecule has 84 valence electrons. The molecule has 0 fully saturated rings. The minimum Gasteiger partial charge on any atom is -0.357 e. The Balaban J connectivity index is 3.02. The number of aromatic nitrogens is 1. The van der Waals surface area contributed by atoms with Crippen LogP contribution in [0.4, 0.5) is 5.82 Å². The first kappa shape index (κ1) is 12.0. The van der Waals surface area contributed by atoms with E-state index in [0.717, 1.165) is 17.8 Å². The maximum Gasteiger partial charge on any atom is 0.133 e. The monoisotopic (exact) mass is 207 g/mol. The quantitative estimate of drug-likeness (QED) is 0.824. The summed E-state index contributed by atoms with van der Waals surface area (Å²) >= 11 is 0. The van der Waals surface area contributed by atoms with Crippen molar-refractivity contribution in [2.75, 3.05) is 11.9 Å². The number of hydrogen-bond acceptors (Lipinski definition) is 3. The molecule has 15 heavy (non-hydrogen) atoms. The number of anilines is 1. The zero-order chi connectivity index (χ0) is 11.4. The Morgan fingerprint density at radius 2 is 2.13 bits per heavy atom. The SMILES string of the molecule is CCC(C)N(C)c1ncccc1[C@@H](C)N. The highest BCUT2D eigenvalue weighted by molar-refractivity contribution is 5.48. The summed E-state index contributed by atoms with van der Waals surface area (Å²) in [5.74, 6) is 1.00. The third-order valence-corrected chi connectivity index (χ3v) is 2.89. The van der Waals surface area contributed by atoms with E-state index < -0.39 is 0 Å². The summed E-state index contributed by atoms with van der Waals surface area (Å²) < 4.78 is 0. The molecule has 0 saturated carbocycles. The zero-order valence-corrected chi connectivity index (χ0v) is 10.1. The van der Waals surface area contributed by atoms with Crippen LogP contribution in [0.5, 0.6) is 0 Å². The number of nitrogens with zero attached hydrogens (tertiary/aromatic N) is 2. The summed E-state index contributed by atoms with van der Waals surface area (Å²) in [7, 11) is 2.07. The lowest BCUT2D eigenvalue weighted by molar-refractivity contribution is 0.649. The Morgan fingerprint density at radius 3 is 2.67 bits per heavy atom. The van der Waals surface area contributed by atoms with E-state index in [1.165, 1.54) is 0 Å². The van der Waals surface area contributed by atoms with Gasteiger partial charge in [0, 0.05) is 30.9 Å². The highest BCUT2D eigenvalue weighted by atomic mass is 15.2. The summed E-state index contributed by atoms with van der Waals surface area (Å²) in [5.41, 5.74) is 7.04. The van der Waals surface area contributed by atoms with Crippen LogP contribution in [0.25, 0.3) is 0 Å². The van der Waals surface area contributed by atoms with Crippen molar-refractivity contribution < 1.29 is 0 Å². The Hall–Kier alpha value is -1.09. The van der Waals surface area contributed by atoms with E-state index in [1.807, 2.05) is 25.3 Å². The maximum atomic E-state index is 5.93. The van der Waals surface area contributed by atoms with E-state index in [9.17, 15) is 0 Å². The third kappa shape index (κ3) is 2.69. The van der Waals surface area contributed by atoms with Crippen LogP contribution < -0.4 is 10.6 Å². The fourth-order valence-corrected chi connectivity index (χ4v) is 1.54. The Kier molecular flexibility index (Phi) is 4.09. The van der Waals surface area contributed by atoms with Crippen molar-refractivity contribution in [3.63, 3.8) is 0 Å². The van der Waals surface area contributed by atoms with Crippen LogP contribution in [-0.2, 0) is 0 Å². The molecule has 1 aromatic heterocycles. The predicted molar refractivity (Wildman–Crippen MR) is 65.0 cm³/mol. The third-order valence-electron chi connectivity index (χ3n) is 2.89.